The number of hydrogen-bond acceptors (Lipinski definition) is 2. The lowest BCUT2D eigenvalue weighted by Crippen LogP contribution is -2.36. The van der Waals surface area contributed by atoms with E-state index in [1.165, 1.54) is 6.26 Å². The minimum atomic E-state index is -3.01. The molecule has 0 saturated heterocycles. The van der Waals surface area contributed by atoms with Gasteiger partial charge in [-0.15, -0.1) is 0 Å². The summed E-state index contributed by atoms with van der Waals surface area (Å²) < 4.78 is 24.3. The van der Waals surface area contributed by atoms with Gasteiger partial charge in [-0.2, -0.15) is 0 Å². The van der Waals surface area contributed by atoms with E-state index in [0.717, 1.165) is 25.7 Å². The van der Waals surface area contributed by atoms with Crippen molar-refractivity contribution in [3.63, 3.8) is 0 Å². The topological polar surface area (TPSA) is 46.2 Å². The molecule has 0 amide bonds. The molecule has 1 saturated carbocycles. The molecule has 0 aromatic rings. The molecule has 0 heterocycles. The zero-order chi connectivity index (χ0) is 9.19. The van der Waals surface area contributed by atoms with Crippen LogP contribution in [-0.2, 0) is 10.0 Å². The predicted octanol–water partition coefficient (Wildman–Crippen LogP) is 1.24. The Morgan fingerprint density at radius 2 is 1.75 bits per heavy atom. The molecule has 72 valence electrons. The minimum Gasteiger partial charge on any atom is -0.213 e. The molecule has 1 aliphatic carbocycles. The second kappa shape index (κ2) is 4.07. The molecule has 0 atom stereocenters. The summed E-state index contributed by atoms with van der Waals surface area (Å²) in [4.78, 5) is 0.579. The molecule has 5 heteroatoms. The van der Waals surface area contributed by atoms with Crippen molar-refractivity contribution in [2.75, 3.05) is 6.26 Å². The summed E-state index contributed by atoms with van der Waals surface area (Å²) in [5.74, 6) is 0. The largest absolute Gasteiger partial charge is 0.213 e. The number of nitrogens with one attached hydrogen (secondary N) is 1. The van der Waals surface area contributed by atoms with E-state index in [1.807, 2.05) is 0 Å². The molecule has 0 aliphatic heterocycles. The monoisotopic (exact) mass is 255 g/mol. The highest BCUT2D eigenvalue weighted by Crippen LogP contribution is 2.24. The second-order valence-corrected chi connectivity index (χ2v) is 6.41. The third kappa shape index (κ3) is 3.87. The van der Waals surface area contributed by atoms with Gasteiger partial charge in [0.15, 0.2) is 0 Å². The Morgan fingerprint density at radius 3 is 2.17 bits per heavy atom. The van der Waals surface area contributed by atoms with Crippen molar-refractivity contribution in [1.82, 2.24) is 4.72 Å². The van der Waals surface area contributed by atoms with Crippen LogP contribution in [-0.4, -0.2) is 25.5 Å². The molecule has 0 aromatic carbocycles. The van der Waals surface area contributed by atoms with Gasteiger partial charge >= 0.3 is 0 Å². The van der Waals surface area contributed by atoms with E-state index in [4.69, 9.17) is 0 Å². The lowest BCUT2D eigenvalue weighted by atomic mass is 9.96. The highest BCUT2D eigenvalue weighted by molar-refractivity contribution is 9.09. The van der Waals surface area contributed by atoms with Crippen LogP contribution in [0.25, 0.3) is 0 Å². The summed E-state index contributed by atoms with van der Waals surface area (Å²) in [5.41, 5.74) is 0. The molecular formula is C7H14BrNO2S. The first-order valence-corrected chi connectivity index (χ1v) is 6.89. The summed E-state index contributed by atoms with van der Waals surface area (Å²) in [6.45, 7) is 0. The van der Waals surface area contributed by atoms with Crippen LogP contribution >= 0.6 is 15.9 Å². The molecule has 0 bridgehead atoms. The van der Waals surface area contributed by atoms with Crippen molar-refractivity contribution < 1.29 is 8.42 Å². The van der Waals surface area contributed by atoms with Crippen molar-refractivity contribution in [1.29, 1.82) is 0 Å². The fraction of sp³-hybridized carbons (Fsp3) is 1.00. The van der Waals surface area contributed by atoms with Gasteiger partial charge < -0.3 is 0 Å². The summed E-state index contributed by atoms with van der Waals surface area (Å²) >= 11 is 3.52. The molecule has 1 aliphatic rings. The van der Waals surface area contributed by atoms with E-state index >= 15 is 0 Å². The Labute approximate surface area is 82.1 Å². The Morgan fingerprint density at radius 1 is 1.25 bits per heavy atom. The van der Waals surface area contributed by atoms with E-state index in [9.17, 15) is 8.42 Å². The average molecular weight is 256 g/mol. The van der Waals surface area contributed by atoms with Crippen LogP contribution in [0.2, 0.25) is 0 Å². The van der Waals surface area contributed by atoms with Crippen molar-refractivity contribution in [2.45, 2.75) is 36.6 Å². The zero-order valence-corrected chi connectivity index (χ0v) is 9.49. The highest BCUT2D eigenvalue weighted by atomic mass is 79.9. The molecule has 0 aromatic heterocycles. The molecule has 12 heavy (non-hydrogen) atoms. The predicted molar refractivity (Wildman–Crippen MR) is 53.0 cm³/mol. The standard InChI is InChI=1S/C7H14BrNO2S/c1-12(10,11)9-7-4-2-6(8)3-5-7/h6-7,9H,2-5H2,1H3. The lowest BCUT2D eigenvalue weighted by Gasteiger charge is -2.24. The van der Waals surface area contributed by atoms with Crippen molar-refractivity contribution in [2.24, 2.45) is 0 Å². The SMILES string of the molecule is CS(=O)(=O)NC1CCC(Br)CC1. The quantitative estimate of drug-likeness (QED) is 0.755. The molecular weight excluding hydrogens is 242 g/mol. The number of halogens is 1. The van der Waals surface area contributed by atoms with Crippen LogP contribution in [0.15, 0.2) is 0 Å². The van der Waals surface area contributed by atoms with Gasteiger partial charge in [0.2, 0.25) is 10.0 Å². The van der Waals surface area contributed by atoms with Gasteiger partial charge in [0.1, 0.15) is 0 Å². The van der Waals surface area contributed by atoms with E-state index in [2.05, 4.69) is 20.7 Å². The Balaban J connectivity index is 2.36. The van der Waals surface area contributed by atoms with E-state index in [1.54, 1.807) is 0 Å². The Bertz CT molecular complexity index is 232. The first-order chi connectivity index (χ1) is 5.47. The third-order valence-electron chi connectivity index (χ3n) is 2.04. The normalized spacial score (nSPS) is 31.8. The van der Waals surface area contributed by atoms with Gasteiger partial charge in [-0.3, -0.25) is 0 Å². The van der Waals surface area contributed by atoms with Crippen molar-refractivity contribution >= 4 is 26.0 Å². The molecule has 1 N–H and O–H groups in total. The maximum Gasteiger partial charge on any atom is 0.208 e. The number of sulfonamides is 1. The van der Waals surface area contributed by atoms with E-state index in [0.29, 0.717) is 4.83 Å². The Kier molecular flexibility index (Phi) is 3.55. The molecule has 0 radical (unpaired) electrons. The summed E-state index contributed by atoms with van der Waals surface area (Å²) in [6.07, 6.45) is 5.24. The molecule has 3 nitrogen and oxygen atoms in total. The van der Waals surface area contributed by atoms with Gasteiger partial charge in [-0.25, -0.2) is 13.1 Å². The van der Waals surface area contributed by atoms with Crippen LogP contribution in [0.5, 0.6) is 0 Å². The van der Waals surface area contributed by atoms with Crippen LogP contribution in [0.1, 0.15) is 25.7 Å². The number of hydrogen-bond donors (Lipinski definition) is 1. The number of alkyl halides is 1. The van der Waals surface area contributed by atoms with Crippen LogP contribution in [0.4, 0.5) is 0 Å². The third-order valence-corrected chi connectivity index (χ3v) is 3.71. The highest BCUT2D eigenvalue weighted by Gasteiger charge is 2.21. The van der Waals surface area contributed by atoms with Crippen molar-refractivity contribution in [3.8, 4) is 0 Å². The molecule has 1 fully saturated rings. The Hall–Kier alpha value is 0.390. The summed E-state index contributed by atoms with van der Waals surface area (Å²) in [5, 5.41) is 0. The maximum atomic E-state index is 10.9. The average Bonchev–Trinajstić information content (AvgIpc) is 1.91. The van der Waals surface area contributed by atoms with E-state index in [-0.39, 0.29) is 6.04 Å². The van der Waals surface area contributed by atoms with Gasteiger partial charge in [-0.05, 0) is 25.7 Å². The van der Waals surface area contributed by atoms with Crippen LogP contribution in [0, 0.1) is 0 Å². The molecule has 0 spiro atoms. The number of rotatable bonds is 2. The zero-order valence-electron chi connectivity index (χ0n) is 7.09. The maximum absolute atomic E-state index is 10.9. The summed E-state index contributed by atoms with van der Waals surface area (Å²) in [7, 11) is -3.01. The first-order valence-electron chi connectivity index (χ1n) is 4.09. The van der Waals surface area contributed by atoms with Crippen LogP contribution < -0.4 is 4.72 Å². The fourth-order valence-corrected chi connectivity index (χ4v) is 2.84. The van der Waals surface area contributed by atoms with Gasteiger partial charge in [0.25, 0.3) is 0 Å². The molecule has 1 rings (SSSR count). The van der Waals surface area contributed by atoms with Crippen molar-refractivity contribution in [3.05, 3.63) is 0 Å². The molecule has 0 unspecified atom stereocenters. The first kappa shape index (κ1) is 10.5. The fourth-order valence-electron chi connectivity index (χ4n) is 1.47. The van der Waals surface area contributed by atoms with Gasteiger partial charge in [0, 0.05) is 10.9 Å². The second-order valence-electron chi connectivity index (χ2n) is 3.34. The van der Waals surface area contributed by atoms with E-state index < -0.39 is 10.0 Å². The van der Waals surface area contributed by atoms with Gasteiger partial charge in [0.05, 0.1) is 6.26 Å². The lowest BCUT2D eigenvalue weighted by molar-refractivity contribution is 0.424. The minimum absolute atomic E-state index is 0.161. The smallest absolute Gasteiger partial charge is 0.208 e. The van der Waals surface area contributed by atoms with Crippen LogP contribution in [0.3, 0.4) is 0 Å². The van der Waals surface area contributed by atoms with Gasteiger partial charge in [-0.1, -0.05) is 15.9 Å². The summed E-state index contributed by atoms with van der Waals surface area (Å²) in [6, 6.07) is 0.161.